The lowest BCUT2D eigenvalue weighted by molar-refractivity contribution is -0.129. The molecule has 1 aromatic heterocycles. The number of carbonyl (C=O) groups excluding carboxylic acids is 2. The highest BCUT2D eigenvalue weighted by atomic mass is 35.5. The summed E-state index contributed by atoms with van der Waals surface area (Å²) >= 11 is 5.65. The van der Waals surface area contributed by atoms with Crippen molar-refractivity contribution in [2.45, 2.75) is 25.8 Å². The van der Waals surface area contributed by atoms with Gasteiger partial charge in [0, 0.05) is 26.1 Å². The molecule has 1 fully saturated rings. The van der Waals surface area contributed by atoms with Gasteiger partial charge in [0.2, 0.25) is 5.91 Å². The van der Waals surface area contributed by atoms with Gasteiger partial charge in [-0.15, -0.1) is 0 Å². The van der Waals surface area contributed by atoms with Crippen molar-refractivity contribution in [2.75, 3.05) is 13.1 Å². The van der Waals surface area contributed by atoms with E-state index in [4.69, 9.17) is 11.6 Å². The molecule has 2 heterocycles. The number of nitrogens with zero attached hydrogens (tertiary/aromatic N) is 2. The van der Waals surface area contributed by atoms with Gasteiger partial charge in [-0.3, -0.25) is 14.4 Å². The van der Waals surface area contributed by atoms with Gasteiger partial charge >= 0.3 is 0 Å². The smallest absolute Gasteiger partial charge is 0.277 e. The molecule has 0 unspecified atom stereocenters. The molecule has 0 radical (unpaired) electrons. The summed E-state index contributed by atoms with van der Waals surface area (Å²) in [5, 5.41) is 8.49. The second kappa shape index (κ2) is 6.04. The average Bonchev–Trinajstić information content (AvgIpc) is 2.42. The summed E-state index contributed by atoms with van der Waals surface area (Å²) in [5.41, 5.74) is -0.632. The van der Waals surface area contributed by atoms with Crippen molar-refractivity contribution in [3.05, 3.63) is 27.1 Å². The molecule has 20 heavy (non-hydrogen) atoms. The Labute approximate surface area is 120 Å². The number of H-pyrrole nitrogens is 1. The Hall–Kier alpha value is -1.89. The van der Waals surface area contributed by atoms with Crippen LogP contribution in [0.1, 0.15) is 30.1 Å². The van der Waals surface area contributed by atoms with Gasteiger partial charge in [0.25, 0.3) is 11.5 Å². The SMILES string of the molecule is CC(=O)N1CCC(NC(=O)c2cc(Cl)n[nH]c2=O)CC1. The first kappa shape index (κ1) is 14.5. The van der Waals surface area contributed by atoms with Crippen LogP contribution < -0.4 is 10.9 Å². The third-order valence-corrected chi connectivity index (χ3v) is 3.49. The van der Waals surface area contributed by atoms with Crippen molar-refractivity contribution in [1.82, 2.24) is 20.4 Å². The minimum Gasteiger partial charge on any atom is -0.349 e. The molecule has 108 valence electrons. The van der Waals surface area contributed by atoms with Crippen LogP contribution in [0.5, 0.6) is 0 Å². The molecule has 0 aliphatic carbocycles. The number of likely N-dealkylation sites (tertiary alicyclic amines) is 1. The van der Waals surface area contributed by atoms with Crippen LogP contribution in [-0.2, 0) is 4.79 Å². The highest BCUT2D eigenvalue weighted by Gasteiger charge is 2.23. The molecule has 1 saturated heterocycles. The predicted octanol–water partition coefficient (Wildman–Crippen LogP) is 0.164. The van der Waals surface area contributed by atoms with Crippen LogP contribution in [0.2, 0.25) is 5.15 Å². The Morgan fingerprint density at radius 2 is 2.10 bits per heavy atom. The van der Waals surface area contributed by atoms with Crippen molar-refractivity contribution in [1.29, 1.82) is 0 Å². The molecule has 2 amide bonds. The first-order valence-corrected chi connectivity index (χ1v) is 6.67. The summed E-state index contributed by atoms with van der Waals surface area (Å²) in [6.07, 6.45) is 1.34. The van der Waals surface area contributed by atoms with Crippen molar-refractivity contribution in [2.24, 2.45) is 0 Å². The lowest BCUT2D eigenvalue weighted by Crippen LogP contribution is -2.46. The van der Waals surface area contributed by atoms with E-state index in [9.17, 15) is 14.4 Å². The summed E-state index contributed by atoms with van der Waals surface area (Å²) in [4.78, 5) is 36.4. The fourth-order valence-corrected chi connectivity index (χ4v) is 2.30. The second-order valence-corrected chi connectivity index (χ2v) is 5.07. The first-order chi connectivity index (χ1) is 9.47. The van der Waals surface area contributed by atoms with Gasteiger partial charge in [-0.2, -0.15) is 5.10 Å². The van der Waals surface area contributed by atoms with Gasteiger partial charge in [-0.1, -0.05) is 11.6 Å². The van der Waals surface area contributed by atoms with Crippen LogP contribution >= 0.6 is 11.6 Å². The van der Waals surface area contributed by atoms with E-state index in [1.54, 1.807) is 4.90 Å². The standard InChI is InChI=1S/C12H15ClN4O3/c1-7(18)17-4-2-8(3-5-17)14-11(19)9-6-10(13)15-16-12(9)20/h6,8H,2-5H2,1H3,(H,14,19)(H,16,20). The molecular formula is C12H15ClN4O3. The van der Waals surface area contributed by atoms with Gasteiger partial charge in [0.05, 0.1) is 0 Å². The van der Waals surface area contributed by atoms with Gasteiger partial charge in [-0.25, -0.2) is 5.10 Å². The van der Waals surface area contributed by atoms with Crippen molar-refractivity contribution in [3.63, 3.8) is 0 Å². The minimum atomic E-state index is -0.576. The zero-order valence-electron chi connectivity index (χ0n) is 11.0. The fraction of sp³-hybridized carbons (Fsp3) is 0.500. The Morgan fingerprint density at radius 1 is 1.45 bits per heavy atom. The highest BCUT2D eigenvalue weighted by Crippen LogP contribution is 2.11. The molecule has 1 aliphatic heterocycles. The number of aromatic nitrogens is 2. The molecular weight excluding hydrogens is 284 g/mol. The van der Waals surface area contributed by atoms with E-state index in [-0.39, 0.29) is 22.7 Å². The predicted molar refractivity (Wildman–Crippen MR) is 72.6 cm³/mol. The molecule has 2 rings (SSSR count). The highest BCUT2D eigenvalue weighted by molar-refractivity contribution is 6.29. The number of amides is 2. The summed E-state index contributed by atoms with van der Waals surface area (Å²) in [6, 6.07) is 1.19. The number of hydrogen-bond acceptors (Lipinski definition) is 4. The Morgan fingerprint density at radius 3 is 2.70 bits per heavy atom. The van der Waals surface area contributed by atoms with Crippen LogP contribution in [-0.4, -0.2) is 46.0 Å². The van der Waals surface area contributed by atoms with Gasteiger partial charge < -0.3 is 10.2 Å². The topological polar surface area (TPSA) is 95.2 Å². The van der Waals surface area contributed by atoms with Gasteiger partial charge in [-0.05, 0) is 18.9 Å². The Bertz CT molecular complexity index is 578. The van der Waals surface area contributed by atoms with Gasteiger partial charge in [0.15, 0.2) is 0 Å². The van der Waals surface area contributed by atoms with Crippen LogP contribution in [0, 0.1) is 0 Å². The molecule has 7 nitrogen and oxygen atoms in total. The van der Waals surface area contributed by atoms with E-state index in [0.717, 1.165) is 0 Å². The van der Waals surface area contributed by atoms with E-state index >= 15 is 0 Å². The van der Waals surface area contributed by atoms with Crippen molar-refractivity contribution >= 4 is 23.4 Å². The maximum Gasteiger partial charge on any atom is 0.277 e. The van der Waals surface area contributed by atoms with E-state index in [2.05, 4.69) is 15.5 Å². The maximum atomic E-state index is 12.0. The van der Waals surface area contributed by atoms with E-state index in [1.165, 1.54) is 13.0 Å². The van der Waals surface area contributed by atoms with Crippen molar-refractivity contribution in [3.8, 4) is 0 Å². The van der Waals surface area contributed by atoms with E-state index < -0.39 is 11.5 Å². The monoisotopic (exact) mass is 298 g/mol. The van der Waals surface area contributed by atoms with Crippen molar-refractivity contribution < 1.29 is 9.59 Å². The molecule has 1 aliphatic rings. The number of halogens is 1. The molecule has 0 saturated carbocycles. The zero-order valence-corrected chi connectivity index (χ0v) is 11.7. The van der Waals surface area contributed by atoms with Crippen LogP contribution in [0.15, 0.2) is 10.9 Å². The summed E-state index contributed by atoms with van der Waals surface area (Å²) < 4.78 is 0. The molecule has 0 spiro atoms. The number of hydrogen-bond donors (Lipinski definition) is 2. The number of aromatic amines is 1. The molecule has 0 aromatic carbocycles. The molecule has 0 atom stereocenters. The molecule has 1 aromatic rings. The fourth-order valence-electron chi connectivity index (χ4n) is 2.15. The zero-order chi connectivity index (χ0) is 14.7. The van der Waals surface area contributed by atoms with Crippen LogP contribution in [0.3, 0.4) is 0 Å². The van der Waals surface area contributed by atoms with Crippen LogP contribution in [0.25, 0.3) is 0 Å². The lowest BCUT2D eigenvalue weighted by atomic mass is 10.0. The molecule has 0 bridgehead atoms. The Kier molecular flexibility index (Phi) is 4.39. The first-order valence-electron chi connectivity index (χ1n) is 6.29. The Balaban J connectivity index is 1.97. The summed E-state index contributed by atoms with van der Waals surface area (Å²) in [5.74, 6) is -0.441. The van der Waals surface area contributed by atoms with Crippen LogP contribution in [0.4, 0.5) is 0 Å². The average molecular weight is 299 g/mol. The third kappa shape index (κ3) is 3.36. The van der Waals surface area contributed by atoms with Gasteiger partial charge in [0.1, 0.15) is 10.7 Å². The number of carbonyl (C=O) groups is 2. The van der Waals surface area contributed by atoms with E-state index in [1.807, 2.05) is 0 Å². The number of nitrogens with one attached hydrogen (secondary N) is 2. The molecule has 2 N–H and O–H groups in total. The van der Waals surface area contributed by atoms with E-state index in [0.29, 0.717) is 25.9 Å². The molecule has 8 heteroatoms. The normalized spacial score (nSPS) is 16.0. The maximum absolute atomic E-state index is 12.0. The number of piperidine rings is 1. The third-order valence-electron chi connectivity index (χ3n) is 3.29. The minimum absolute atomic E-state index is 0.0344. The lowest BCUT2D eigenvalue weighted by Gasteiger charge is -2.31. The summed E-state index contributed by atoms with van der Waals surface area (Å²) in [6.45, 7) is 2.74. The largest absolute Gasteiger partial charge is 0.349 e. The summed E-state index contributed by atoms with van der Waals surface area (Å²) in [7, 11) is 0. The second-order valence-electron chi connectivity index (χ2n) is 4.69. The quantitative estimate of drug-likeness (QED) is 0.813. The number of rotatable bonds is 2.